The fourth-order valence-electron chi connectivity index (χ4n) is 2.16. The van der Waals surface area contributed by atoms with Crippen LogP contribution in [0.3, 0.4) is 0 Å². The number of thiophene rings is 1. The molecule has 1 N–H and O–H groups in total. The van der Waals surface area contributed by atoms with Crippen molar-refractivity contribution in [2.24, 2.45) is 0 Å². The zero-order valence-electron chi connectivity index (χ0n) is 12.0. The lowest BCUT2D eigenvalue weighted by Crippen LogP contribution is -2.11. The Bertz CT molecular complexity index is 936. The van der Waals surface area contributed by atoms with E-state index in [1.54, 1.807) is 25.1 Å². The molecule has 3 aromatic rings. The van der Waals surface area contributed by atoms with Crippen LogP contribution in [0.4, 0.5) is 15.8 Å². The third-order valence-electron chi connectivity index (χ3n) is 3.31. The molecule has 0 saturated heterocycles. The number of nitro groups is 1. The first-order chi connectivity index (χ1) is 10.9. The van der Waals surface area contributed by atoms with Gasteiger partial charge in [0.15, 0.2) is 0 Å². The molecular formula is C16H11FN2O3S. The van der Waals surface area contributed by atoms with E-state index in [2.05, 4.69) is 5.32 Å². The van der Waals surface area contributed by atoms with Crippen molar-refractivity contribution in [3.05, 3.63) is 68.8 Å². The van der Waals surface area contributed by atoms with Crippen molar-refractivity contribution in [1.29, 1.82) is 0 Å². The number of hydrogen-bond donors (Lipinski definition) is 1. The molecule has 116 valence electrons. The number of amides is 1. The lowest BCUT2D eigenvalue weighted by atomic mass is 10.2. The van der Waals surface area contributed by atoms with E-state index in [9.17, 15) is 19.3 Å². The molecule has 0 radical (unpaired) electrons. The number of anilines is 1. The van der Waals surface area contributed by atoms with Gasteiger partial charge < -0.3 is 5.32 Å². The summed E-state index contributed by atoms with van der Waals surface area (Å²) in [5.41, 5.74) is 0.825. The van der Waals surface area contributed by atoms with E-state index < -0.39 is 16.6 Å². The first-order valence-corrected chi connectivity index (χ1v) is 7.51. The van der Waals surface area contributed by atoms with Gasteiger partial charge >= 0.3 is 0 Å². The highest BCUT2D eigenvalue weighted by Crippen LogP contribution is 2.29. The van der Waals surface area contributed by atoms with Crippen LogP contribution in [-0.2, 0) is 0 Å². The molecule has 0 bridgehead atoms. The minimum atomic E-state index is -0.505. The van der Waals surface area contributed by atoms with Gasteiger partial charge in [-0.25, -0.2) is 4.39 Å². The lowest BCUT2D eigenvalue weighted by molar-refractivity contribution is -0.384. The lowest BCUT2D eigenvalue weighted by Gasteiger charge is -2.05. The number of benzene rings is 2. The molecule has 0 fully saturated rings. The van der Waals surface area contributed by atoms with Crippen molar-refractivity contribution >= 4 is 38.7 Å². The molecule has 0 aliphatic heterocycles. The topological polar surface area (TPSA) is 72.2 Å². The van der Waals surface area contributed by atoms with E-state index in [1.165, 1.54) is 35.6 Å². The van der Waals surface area contributed by atoms with Crippen LogP contribution in [0, 0.1) is 22.9 Å². The van der Waals surface area contributed by atoms with E-state index in [-0.39, 0.29) is 11.4 Å². The van der Waals surface area contributed by atoms with Crippen LogP contribution >= 0.6 is 11.3 Å². The first kappa shape index (κ1) is 15.1. The summed E-state index contributed by atoms with van der Waals surface area (Å²) in [5, 5.41) is 13.9. The number of nitro benzene ring substituents is 1. The van der Waals surface area contributed by atoms with Crippen molar-refractivity contribution in [1.82, 2.24) is 0 Å². The van der Waals surface area contributed by atoms with E-state index in [0.717, 1.165) is 10.3 Å². The fraction of sp³-hybridized carbons (Fsp3) is 0.0625. The maximum Gasteiger partial charge on any atom is 0.270 e. The van der Waals surface area contributed by atoms with Gasteiger partial charge in [-0.15, -0.1) is 11.3 Å². The standard InChI is InChI=1S/C16H11FN2O3S/c1-9-2-4-13(12(17)6-9)18-16(20)15-8-10-7-11(19(21)22)3-5-14(10)23-15/h2-8H,1H3,(H,18,20). The van der Waals surface area contributed by atoms with Crippen LogP contribution in [-0.4, -0.2) is 10.8 Å². The largest absolute Gasteiger partial charge is 0.319 e. The number of fused-ring (bicyclic) bond motifs is 1. The van der Waals surface area contributed by atoms with E-state index in [4.69, 9.17) is 0 Å². The van der Waals surface area contributed by atoms with Gasteiger partial charge in [-0.2, -0.15) is 0 Å². The molecule has 0 saturated carbocycles. The smallest absolute Gasteiger partial charge is 0.270 e. The van der Waals surface area contributed by atoms with Crippen molar-refractivity contribution in [3.63, 3.8) is 0 Å². The molecule has 0 aliphatic carbocycles. The zero-order valence-corrected chi connectivity index (χ0v) is 12.8. The third kappa shape index (κ3) is 3.04. The Labute approximate surface area is 134 Å². The van der Waals surface area contributed by atoms with Crippen molar-refractivity contribution in [3.8, 4) is 0 Å². The average molecular weight is 330 g/mol. The summed E-state index contributed by atoms with van der Waals surface area (Å²) in [7, 11) is 0. The maximum absolute atomic E-state index is 13.8. The van der Waals surface area contributed by atoms with E-state index >= 15 is 0 Å². The molecule has 0 atom stereocenters. The number of carbonyl (C=O) groups excluding carboxylic acids is 1. The normalized spacial score (nSPS) is 10.7. The van der Waals surface area contributed by atoms with Gasteiger partial charge in [-0.3, -0.25) is 14.9 Å². The highest BCUT2D eigenvalue weighted by Gasteiger charge is 2.14. The summed E-state index contributed by atoms with van der Waals surface area (Å²) in [6, 6.07) is 10.5. The van der Waals surface area contributed by atoms with Gasteiger partial charge in [0.05, 0.1) is 15.5 Å². The summed E-state index contributed by atoms with van der Waals surface area (Å²) in [6.45, 7) is 1.76. The van der Waals surface area contributed by atoms with Gasteiger partial charge in [-0.1, -0.05) is 6.07 Å². The van der Waals surface area contributed by atoms with Crippen LogP contribution in [0.15, 0.2) is 42.5 Å². The number of hydrogen-bond acceptors (Lipinski definition) is 4. The molecule has 1 aromatic heterocycles. The zero-order chi connectivity index (χ0) is 16.6. The summed E-state index contributed by atoms with van der Waals surface area (Å²) in [4.78, 5) is 22.9. The Kier molecular flexibility index (Phi) is 3.79. The Morgan fingerprint density at radius 3 is 2.70 bits per heavy atom. The van der Waals surface area contributed by atoms with Gasteiger partial charge in [0.1, 0.15) is 5.82 Å². The Balaban J connectivity index is 1.90. The second kappa shape index (κ2) is 5.77. The van der Waals surface area contributed by atoms with Crippen molar-refractivity contribution in [2.45, 2.75) is 6.92 Å². The van der Waals surface area contributed by atoms with Gasteiger partial charge in [0, 0.05) is 22.2 Å². The molecule has 1 heterocycles. The minimum Gasteiger partial charge on any atom is -0.319 e. The molecule has 3 rings (SSSR count). The number of rotatable bonds is 3. The number of halogens is 1. The Hall–Kier alpha value is -2.80. The number of non-ortho nitro benzene ring substituents is 1. The molecule has 7 heteroatoms. The molecule has 5 nitrogen and oxygen atoms in total. The second-order valence-corrected chi connectivity index (χ2v) is 6.11. The third-order valence-corrected chi connectivity index (χ3v) is 4.42. The van der Waals surface area contributed by atoms with Crippen LogP contribution in [0.1, 0.15) is 15.2 Å². The van der Waals surface area contributed by atoms with Gasteiger partial charge in [0.25, 0.3) is 11.6 Å². The Morgan fingerprint density at radius 2 is 2.00 bits per heavy atom. The Morgan fingerprint density at radius 1 is 1.22 bits per heavy atom. The van der Waals surface area contributed by atoms with Crippen LogP contribution in [0.2, 0.25) is 0 Å². The van der Waals surface area contributed by atoms with Gasteiger partial charge in [0.2, 0.25) is 0 Å². The molecule has 0 unspecified atom stereocenters. The molecule has 0 spiro atoms. The summed E-state index contributed by atoms with van der Waals surface area (Å²) in [5.74, 6) is -0.952. The predicted octanol–water partition coefficient (Wildman–Crippen LogP) is 4.51. The number of carbonyl (C=O) groups is 1. The molecular weight excluding hydrogens is 319 g/mol. The first-order valence-electron chi connectivity index (χ1n) is 6.69. The number of aryl methyl sites for hydroxylation is 1. The van der Waals surface area contributed by atoms with Crippen molar-refractivity contribution < 1.29 is 14.1 Å². The second-order valence-electron chi connectivity index (χ2n) is 5.03. The highest BCUT2D eigenvalue weighted by atomic mass is 32.1. The molecule has 23 heavy (non-hydrogen) atoms. The van der Waals surface area contributed by atoms with Crippen molar-refractivity contribution in [2.75, 3.05) is 5.32 Å². The maximum atomic E-state index is 13.8. The average Bonchev–Trinajstić information content (AvgIpc) is 2.93. The SMILES string of the molecule is Cc1ccc(NC(=O)c2cc3cc([N+](=O)[O-])ccc3s2)c(F)c1. The van der Waals surface area contributed by atoms with Crippen LogP contribution in [0.5, 0.6) is 0 Å². The fourth-order valence-corrected chi connectivity index (χ4v) is 3.10. The van der Waals surface area contributed by atoms with Crippen LogP contribution in [0.25, 0.3) is 10.1 Å². The predicted molar refractivity (Wildman–Crippen MR) is 87.6 cm³/mol. The number of nitrogens with zero attached hydrogens (tertiary/aromatic N) is 1. The van der Waals surface area contributed by atoms with E-state index in [0.29, 0.717) is 10.3 Å². The van der Waals surface area contributed by atoms with E-state index in [1.807, 2.05) is 0 Å². The highest BCUT2D eigenvalue weighted by molar-refractivity contribution is 7.20. The van der Waals surface area contributed by atoms with Crippen LogP contribution < -0.4 is 5.32 Å². The number of nitrogens with one attached hydrogen (secondary N) is 1. The molecule has 2 aromatic carbocycles. The quantitative estimate of drug-likeness (QED) is 0.567. The summed E-state index contributed by atoms with van der Waals surface area (Å²) < 4.78 is 14.5. The summed E-state index contributed by atoms with van der Waals surface area (Å²) in [6.07, 6.45) is 0. The minimum absolute atomic E-state index is 0.0353. The summed E-state index contributed by atoms with van der Waals surface area (Å²) >= 11 is 1.20. The van der Waals surface area contributed by atoms with Gasteiger partial charge in [-0.05, 0) is 36.8 Å². The monoisotopic (exact) mass is 330 g/mol. The molecule has 0 aliphatic rings. The molecule has 1 amide bonds.